The Kier molecular flexibility index (Phi) is 3.14. The number of ketones is 1. The molecule has 1 aromatic rings. The van der Waals surface area contributed by atoms with Gasteiger partial charge in [0.05, 0.1) is 6.04 Å². The molecule has 0 aliphatic heterocycles. The van der Waals surface area contributed by atoms with Crippen molar-refractivity contribution in [1.29, 1.82) is 0 Å². The minimum Gasteiger partial charge on any atom is -0.318 e. The molecule has 0 saturated carbocycles. The molecule has 1 atom stereocenters. The maximum absolute atomic E-state index is 12.5. The van der Waals surface area contributed by atoms with Gasteiger partial charge >= 0.3 is 0 Å². The van der Waals surface area contributed by atoms with E-state index < -0.39 is 6.04 Å². The molecule has 1 aromatic carbocycles. The lowest BCUT2D eigenvalue weighted by molar-refractivity contribution is -0.120. The number of benzene rings is 1. The van der Waals surface area contributed by atoms with Crippen LogP contribution < -0.4 is 5.73 Å². The molecule has 2 N–H and O–H groups in total. The molecule has 0 spiro atoms. The van der Waals surface area contributed by atoms with E-state index in [1.54, 1.807) is 6.92 Å². The standard InChI is InChI=1S/C10H12FNO/c1-2-9(13)10(12)7-3-5-8(11)6-4-7/h3-6,10H,2,12H2,1H3. The molecular weight excluding hydrogens is 169 g/mol. The third kappa shape index (κ3) is 2.36. The molecule has 0 aromatic heterocycles. The van der Waals surface area contributed by atoms with Crippen molar-refractivity contribution in [2.75, 3.05) is 0 Å². The SMILES string of the molecule is CCC(=O)C(N)c1ccc(F)cc1. The van der Waals surface area contributed by atoms with Gasteiger partial charge in [0, 0.05) is 6.42 Å². The van der Waals surface area contributed by atoms with Crippen molar-refractivity contribution in [3.8, 4) is 0 Å². The van der Waals surface area contributed by atoms with Crippen LogP contribution >= 0.6 is 0 Å². The first-order valence-corrected chi connectivity index (χ1v) is 4.19. The lowest BCUT2D eigenvalue weighted by Crippen LogP contribution is -2.20. The molecule has 0 amide bonds. The number of hydrogen-bond donors (Lipinski definition) is 1. The summed E-state index contributed by atoms with van der Waals surface area (Å²) in [7, 11) is 0. The number of carbonyl (C=O) groups excluding carboxylic acids is 1. The van der Waals surface area contributed by atoms with E-state index in [4.69, 9.17) is 5.73 Å². The van der Waals surface area contributed by atoms with Crippen molar-refractivity contribution in [2.24, 2.45) is 5.73 Å². The van der Waals surface area contributed by atoms with Crippen LogP contribution in [0.1, 0.15) is 24.9 Å². The zero-order valence-electron chi connectivity index (χ0n) is 7.46. The van der Waals surface area contributed by atoms with Crippen molar-refractivity contribution in [2.45, 2.75) is 19.4 Å². The van der Waals surface area contributed by atoms with Gasteiger partial charge in [-0.3, -0.25) is 4.79 Å². The summed E-state index contributed by atoms with van der Waals surface area (Å²) in [6, 6.07) is 5.06. The largest absolute Gasteiger partial charge is 0.318 e. The van der Waals surface area contributed by atoms with E-state index in [0.29, 0.717) is 12.0 Å². The zero-order valence-corrected chi connectivity index (χ0v) is 7.46. The first-order valence-electron chi connectivity index (χ1n) is 4.19. The Morgan fingerprint density at radius 1 is 1.46 bits per heavy atom. The Bertz CT molecular complexity index is 294. The number of halogens is 1. The normalized spacial score (nSPS) is 12.5. The van der Waals surface area contributed by atoms with E-state index in [1.807, 2.05) is 0 Å². The third-order valence-electron chi connectivity index (χ3n) is 1.92. The summed E-state index contributed by atoms with van der Waals surface area (Å²) in [5.74, 6) is -0.355. The average Bonchev–Trinajstić information content (AvgIpc) is 2.17. The average molecular weight is 181 g/mol. The van der Waals surface area contributed by atoms with Gasteiger partial charge in [-0.1, -0.05) is 19.1 Å². The van der Waals surface area contributed by atoms with Crippen LogP contribution in [0.4, 0.5) is 4.39 Å². The van der Waals surface area contributed by atoms with Gasteiger partial charge in [0.15, 0.2) is 5.78 Å². The molecule has 0 bridgehead atoms. The topological polar surface area (TPSA) is 43.1 Å². The second-order valence-electron chi connectivity index (χ2n) is 2.85. The lowest BCUT2D eigenvalue weighted by Gasteiger charge is -2.08. The zero-order chi connectivity index (χ0) is 9.84. The van der Waals surface area contributed by atoms with Crippen LogP contribution in [0.25, 0.3) is 0 Å². The summed E-state index contributed by atoms with van der Waals surface area (Å²) in [5, 5.41) is 0. The summed E-state index contributed by atoms with van der Waals surface area (Å²) in [6.07, 6.45) is 0.401. The Morgan fingerprint density at radius 3 is 2.46 bits per heavy atom. The first kappa shape index (κ1) is 9.86. The van der Waals surface area contributed by atoms with Crippen LogP contribution in [0.2, 0.25) is 0 Å². The Balaban J connectivity index is 2.83. The molecule has 2 nitrogen and oxygen atoms in total. The molecule has 0 fully saturated rings. The predicted octanol–water partition coefficient (Wildman–Crippen LogP) is 1.80. The van der Waals surface area contributed by atoms with Crippen molar-refractivity contribution in [3.05, 3.63) is 35.6 Å². The summed E-state index contributed by atoms with van der Waals surface area (Å²) in [6.45, 7) is 1.76. The highest BCUT2D eigenvalue weighted by molar-refractivity contribution is 5.84. The van der Waals surface area contributed by atoms with Gasteiger partial charge < -0.3 is 5.73 Å². The fraction of sp³-hybridized carbons (Fsp3) is 0.300. The Hall–Kier alpha value is -1.22. The molecule has 70 valence electrons. The van der Waals surface area contributed by atoms with Crippen LogP contribution in [0.3, 0.4) is 0 Å². The molecule has 0 aliphatic carbocycles. The number of nitrogens with two attached hydrogens (primary N) is 1. The van der Waals surface area contributed by atoms with Gasteiger partial charge in [0.25, 0.3) is 0 Å². The second-order valence-corrected chi connectivity index (χ2v) is 2.85. The van der Waals surface area contributed by atoms with Crippen molar-refractivity contribution in [3.63, 3.8) is 0 Å². The van der Waals surface area contributed by atoms with Gasteiger partial charge in [-0.25, -0.2) is 4.39 Å². The Labute approximate surface area is 76.6 Å². The highest BCUT2D eigenvalue weighted by Crippen LogP contribution is 2.12. The quantitative estimate of drug-likeness (QED) is 0.772. The van der Waals surface area contributed by atoms with Crippen molar-refractivity contribution >= 4 is 5.78 Å². The predicted molar refractivity (Wildman–Crippen MR) is 48.6 cm³/mol. The molecule has 0 saturated heterocycles. The minimum absolute atomic E-state index is 0.0355. The van der Waals surface area contributed by atoms with E-state index in [0.717, 1.165) is 0 Å². The van der Waals surface area contributed by atoms with Gasteiger partial charge in [-0.05, 0) is 17.7 Å². The fourth-order valence-electron chi connectivity index (χ4n) is 1.08. The van der Waals surface area contributed by atoms with Crippen LogP contribution in [0.5, 0.6) is 0 Å². The molecule has 1 unspecified atom stereocenters. The van der Waals surface area contributed by atoms with Gasteiger partial charge in [-0.2, -0.15) is 0 Å². The summed E-state index contributed by atoms with van der Waals surface area (Å²) < 4.78 is 12.5. The van der Waals surface area contributed by atoms with E-state index in [9.17, 15) is 9.18 Å². The number of carbonyl (C=O) groups is 1. The third-order valence-corrected chi connectivity index (χ3v) is 1.92. The highest BCUT2D eigenvalue weighted by Gasteiger charge is 2.12. The fourth-order valence-corrected chi connectivity index (χ4v) is 1.08. The van der Waals surface area contributed by atoms with Gasteiger partial charge in [0.1, 0.15) is 5.82 Å². The maximum Gasteiger partial charge on any atom is 0.153 e. The van der Waals surface area contributed by atoms with Gasteiger partial charge in [0.2, 0.25) is 0 Å². The lowest BCUT2D eigenvalue weighted by atomic mass is 10.0. The Morgan fingerprint density at radius 2 is 2.00 bits per heavy atom. The molecule has 1 rings (SSSR count). The van der Waals surface area contributed by atoms with Crippen LogP contribution in [-0.4, -0.2) is 5.78 Å². The molecule has 0 aliphatic rings. The maximum atomic E-state index is 12.5. The van der Waals surface area contributed by atoms with Crippen molar-refractivity contribution in [1.82, 2.24) is 0 Å². The number of hydrogen-bond acceptors (Lipinski definition) is 2. The van der Waals surface area contributed by atoms with Crippen LogP contribution in [0.15, 0.2) is 24.3 Å². The van der Waals surface area contributed by atoms with Gasteiger partial charge in [-0.15, -0.1) is 0 Å². The monoisotopic (exact) mass is 181 g/mol. The highest BCUT2D eigenvalue weighted by atomic mass is 19.1. The summed E-state index contributed by atoms with van der Waals surface area (Å²) in [5.41, 5.74) is 6.29. The summed E-state index contributed by atoms with van der Waals surface area (Å²) >= 11 is 0. The van der Waals surface area contributed by atoms with E-state index in [-0.39, 0.29) is 11.6 Å². The molecule has 0 heterocycles. The molecular formula is C10H12FNO. The van der Waals surface area contributed by atoms with Crippen molar-refractivity contribution < 1.29 is 9.18 Å². The molecule has 3 heteroatoms. The minimum atomic E-state index is -0.620. The number of Topliss-reactive ketones (excluding diaryl/α,β-unsaturated/α-hetero) is 1. The summed E-state index contributed by atoms with van der Waals surface area (Å²) in [4.78, 5) is 11.2. The van der Waals surface area contributed by atoms with Crippen LogP contribution in [0, 0.1) is 5.82 Å². The van der Waals surface area contributed by atoms with E-state index >= 15 is 0 Å². The first-order chi connectivity index (χ1) is 6.15. The smallest absolute Gasteiger partial charge is 0.153 e. The van der Waals surface area contributed by atoms with Crippen LogP contribution in [-0.2, 0) is 4.79 Å². The number of rotatable bonds is 3. The van der Waals surface area contributed by atoms with E-state index in [1.165, 1.54) is 24.3 Å². The second kappa shape index (κ2) is 4.14. The van der Waals surface area contributed by atoms with E-state index in [2.05, 4.69) is 0 Å². The molecule has 13 heavy (non-hydrogen) atoms. The molecule has 0 radical (unpaired) electrons.